The minimum atomic E-state index is -3.77. The quantitative estimate of drug-likeness (QED) is 0.0237. The largest absolute Gasteiger partial charge is 0.394 e. The van der Waals surface area contributed by atoms with E-state index >= 15 is 0 Å². The van der Waals surface area contributed by atoms with E-state index in [1.807, 2.05) is 0 Å². The molecule has 0 aromatic rings. The average molecular weight is 1160 g/mol. The number of amides is 4. The standard InChI is InChI=1S/C51H93N4O23P/c1-30(2)79(70,71)75-25-11-21-52-38(60)13-8-14-40(62)55-51(26-41(63)54-20-10-24-74-50-33(5)44(66)47(69)37(29-58)78-50,17-15-34(59)12-6-7-22-72-48-31(3)42(64)45(67)35(27-56)76-48)18-16-39(61)53-19-9-23-73-49-32(4)43(65)46(68)36(28-57)77-49/h30-33,35-37,42-50,56-58,64-69H,6-29H2,1-5H3,(H,52,60)(H,53,61)(H,54,63)(H,55,62)(H,70,71)/t31?,32?,33?,35?,36?,37?,42-,43-,44-,45?,46?,47?,48-,49-,50-,51?/m1/s1. The van der Waals surface area contributed by atoms with E-state index in [9.17, 15) is 79.4 Å². The molecule has 3 rings (SSSR count). The molecule has 17 atom stereocenters. The summed E-state index contributed by atoms with van der Waals surface area (Å²) in [6.07, 6.45) is -12.9. The molecule has 3 fully saturated rings. The van der Waals surface area contributed by atoms with Crippen LogP contribution in [0.1, 0.15) is 125 Å². The van der Waals surface area contributed by atoms with Gasteiger partial charge in [0.25, 0.3) is 0 Å². The van der Waals surface area contributed by atoms with E-state index in [1.54, 1.807) is 34.6 Å². The first-order valence-corrected chi connectivity index (χ1v) is 29.4. The van der Waals surface area contributed by atoms with Crippen molar-refractivity contribution >= 4 is 37.0 Å². The fraction of sp³-hybridized carbons (Fsp3) is 0.902. The molecule has 0 aliphatic carbocycles. The third-order valence-corrected chi connectivity index (χ3v) is 16.4. The molecule has 14 N–H and O–H groups in total. The van der Waals surface area contributed by atoms with Gasteiger partial charge in [-0.3, -0.25) is 28.5 Å². The Labute approximate surface area is 462 Å². The number of rotatable bonds is 38. The Morgan fingerprint density at radius 1 is 0.506 bits per heavy atom. The number of ether oxygens (including phenoxy) is 6. The highest BCUT2D eigenvalue weighted by atomic mass is 31.2. The van der Waals surface area contributed by atoms with Gasteiger partial charge in [0.2, 0.25) is 23.6 Å². The second-order valence-electron chi connectivity index (χ2n) is 21.3. The van der Waals surface area contributed by atoms with Crippen LogP contribution in [0.3, 0.4) is 0 Å². The number of carbonyl (C=O) groups excluding carboxylic acids is 5. The molecule has 0 radical (unpaired) electrons. The summed E-state index contributed by atoms with van der Waals surface area (Å²) in [7, 11) is -3.77. The Balaban J connectivity index is 1.70. The lowest BCUT2D eigenvalue weighted by atomic mass is 9.83. The first kappa shape index (κ1) is 70.4. The number of aliphatic hydroxyl groups is 9. The molecule has 3 aliphatic heterocycles. The maximum absolute atomic E-state index is 13.9. The number of hydrogen-bond donors (Lipinski definition) is 14. The van der Waals surface area contributed by atoms with E-state index in [0.717, 1.165) is 0 Å². The molecule has 0 aromatic heterocycles. The van der Waals surface area contributed by atoms with Crippen LogP contribution in [0.5, 0.6) is 0 Å². The van der Waals surface area contributed by atoms with Crippen molar-refractivity contribution < 1.29 is 112 Å². The van der Waals surface area contributed by atoms with E-state index < -0.39 is 148 Å². The summed E-state index contributed by atoms with van der Waals surface area (Å²) in [5, 5.41) is 102. The molecule has 11 unspecified atom stereocenters. The van der Waals surface area contributed by atoms with Crippen molar-refractivity contribution in [2.45, 2.75) is 210 Å². The van der Waals surface area contributed by atoms with Crippen LogP contribution in [0.4, 0.5) is 0 Å². The lowest BCUT2D eigenvalue weighted by Crippen LogP contribution is -2.55. The molecule has 0 spiro atoms. The van der Waals surface area contributed by atoms with Gasteiger partial charge in [0.1, 0.15) is 42.4 Å². The molecule has 0 aromatic carbocycles. The minimum absolute atomic E-state index is 0.0367. The SMILES string of the molecule is CC1[C@H](OCCCCC(=O)CCC(CCC(=O)NCCCO[C@@H]2OC(CO)C(O)[C@H](O)C2C)(CC(=O)NCCCO[C@@H]2OC(CO)C(O)[C@H](O)C2C)NC(=O)CCCC(=O)NCCCOP(=O)(O)C(C)C)OC(CO)C(O)[C@@H]1O. The Bertz CT molecular complexity index is 1810. The van der Waals surface area contributed by atoms with Gasteiger partial charge in [-0.2, -0.15) is 0 Å². The summed E-state index contributed by atoms with van der Waals surface area (Å²) < 4.78 is 51.3. The summed E-state index contributed by atoms with van der Waals surface area (Å²) in [5.74, 6) is -4.05. The summed E-state index contributed by atoms with van der Waals surface area (Å²) >= 11 is 0. The Kier molecular flexibility index (Phi) is 32.0. The van der Waals surface area contributed by atoms with Gasteiger partial charge in [-0.25, -0.2) is 0 Å². The van der Waals surface area contributed by atoms with Crippen molar-refractivity contribution in [3.63, 3.8) is 0 Å². The molecule has 0 bridgehead atoms. The topological polar surface area (TPSA) is 417 Å². The summed E-state index contributed by atoms with van der Waals surface area (Å²) in [4.78, 5) is 77.3. The Morgan fingerprint density at radius 2 is 0.899 bits per heavy atom. The average Bonchev–Trinajstić information content (AvgIpc) is 3.42. The summed E-state index contributed by atoms with van der Waals surface area (Å²) in [5.41, 5.74) is -2.07. The van der Waals surface area contributed by atoms with Gasteiger partial charge in [-0.1, -0.05) is 34.6 Å². The van der Waals surface area contributed by atoms with Crippen molar-refractivity contribution in [2.24, 2.45) is 17.8 Å². The predicted molar refractivity (Wildman–Crippen MR) is 279 cm³/mol. The van der Waals surface area contributed by atoms with Gasteiger partial charge >= 0.3 is 7.60 Å². The monoisotopic (exact) mass is 1160 g/mol. The van der Waals surface area contributed by atoms with Gasteiger partial charge < -0.3 is 105 Å². The smallest absolute Gasteiger partial charge is 0.330 e. The molecule has 460 valence electrons. The molecular formula is C51H93N4O23P. The Hall–Kier alpha value is -2.90. The third kappa shape index (κ3) is 23.7. The van der Waals surface area contributed by atoms with Crippen LogP contribution in [0.2, 0.25) is 0 Å². The summed E-state index contributed by atoms with van der Waals surface area (Å²) in [6, 6.07) is 0. The Morgan fingerprint density at radius 3 is 1.34 bits per heavy atom. The van der Waals surface area contributed by atoms with E-state index in [4.69, 9.17) is 32.9 Å². The molecule has 27 nitrogen and oxygen atoms in total. The highest BCUT2D eigenvalue weighted by molar-refractivity contribution is 7.53. The molecule has 4 amide bonds. The number of aliphatic hydroxyl groups excluding tert-OH is 9. The lowest BCUT2D eigenvalue weighted by Gasteiger charge is -2.40. The second-order valence-corrected chi connectivity index (χ2v) is 23.7. The molecule has 0 saturated carbocycles. The minimum Gasteiger partial charge on any atom is -0.394 e. The van der Waals surface area contributed by atoms with Gasteiger partial charge in [0.15, 0.2) is 18.9 Å². The van der Waals surface area contributed by atoms with Crippen molar-refractivity contribution in [1.82, 2.24) is 21.3 Å². The first-order valence-electron chi connectivity index (χ1n) is 27.7. The molecule has 28 heteroatoms. The molecule has 3 heterocycles. The van der Waals surface area contributed by atoms with E-state index in [-0.39, 0.29) is 135 Å². The fourth-order valence-corrected chi connectivity index (χ4v) is 9.83. The van der Waals surface area contributed by atoms with Gasteiger partial charge in [-0.15, -0.1) is 0 Å². The first-order chi connectivity index (χ1) is 37.4. The van der Waals surface area contributed by atoms with Crippen LogP contribution in [-0.2, 0) is 61.5 Å². The highest BCUT2D eigenvalue weighted by Gasteiger charge is 2.45. The van der Waals surface area contributed by atoms with Crippen molar-refractivity contribution in [2.75, 3.05) is 65.9 Å². The number of nitrogens with one attached hydrogen (secondary N) is 4. The van der Waals surface area contributed by atoms with Crippen LogP contribution < -0.4 is 21.3 Å². The van der Waals surface area contributed by atoms with Gasteiger partial charge in [0.05, 0.1) is 63.6 Å². The van der Waals surface area contributed by atoms with E-state index in [1.165, 1.54) is 0 Å². The third-order valence-electron chi connectivity index (χ3n) is 14.5. The number of ketones is 1. The fourth-order valence-electron chi connectivity index (χ4n) is 9.14. The highest BCUT2D eigenvalue weighted by Crippen LogP contribution is 2.47. The number of hydrogen-bond acceptors (Lipinski definition) is 22. The van der Waals surface area contributed by atoms with Gasteiger partial charge in [0, 0.05) is 88.1 Å². The van der Waals surface area contributed by atoms with E-state index in [2.05, 4.69) is 21.3 Å². The molecular weight excluding hydrogens is 1070 g/mol. The molecule has 79 heavy (non-hydrogen) atoms. The number of carbonyl (C=O) groups is 5. The molecule has 3 saturated heterocycles. The van der Waals surface area contributed by atoms with E-state index in [0.29, 0.717) is 12.8 Å². The second kappa shape index (κ2) is 35.9. The maximum atomic E-state index is 13.9. The van der Waals surface area contributed by atoms with Crippen LogP contribution in [-0.4, -0.2) is 231 Å². The zero-order chi connectivity index (χ0) is 58.9. The summed E-state index contributed by atoms with van der Waals surface area (Å²) in [6.45, 7) is 6.86. The van der Waals surface area contributed by atoms with Crippen LogP contribution in [0.25, 0.3) is 0 Å². The number of Topliss-reactive ketones (excluding diaryl/α,β-unsaturated/α-hetero) is 1. The molecule has 3 aliphatic rings. The van der Waals surface area contributed by atoms with Crippen LogP contribution in [0.15, 0.2) is 0 Å². The van der Waals surface area contributed by atoms with Crippen molar-refractivity contribution in [1.29, 1.82) is 0 Å². The van der Waals surface area contributed by atoms with Crippen LogP contribution >= 0.6 is 7.60 Å². The van der Waals surface area contributed by atoms with Crippen molar-refractivity contribution in [3.8, 4) is 0 Å². The maximum Gasteiger partial charge on any atom is 0.330 e. The predicted octanol–water partition coefficient (Wildman–Crippen LogP) is -1.89. The number of unbranched alkanes of at least 4 members (excludes halogenated alkanes) is 1. The van der Waals surface area contributed by atoms with Crippen LogP contribution in [0, 0.1) is 17.8 Å². The zero-order valence-corrected chi connectivity index (χ0v) is 47.3. The van der Waals surface area contributed by atoms with Crippen molar-refractivity contribution in [3.05, 3.63) is 0 Å². The normalized spacial score (nSPS) is 30.7. The lowest BCUT2D eigenvalue weighted by molar-refractivity contribution is -0.282. The zero-order valence-electron chi connectivity index (χ0n) is 46.4. The van der Waals surface area contributed by atoms with Gasteiger partial charge in [-0.05, 0) is 51.4 Å².